The largest absolute Gasteiger partial charge is 1.00 e. The van der Waals surface area contributed by atoms with Crippen LogP contribution in [0.3, 0.4) is 0 Å². The Bertz CT molecular complexity index is 86.0. The second-order valence-corrected chi connectivity index (χ2v) is 2.44. The van der Waals surface area contributed by atoms with E-state index < -0.39 is 7.82 Å². The summed E-state index contributed by atoms with van der Waals surface area (Å²) in [5, 5.41) is 0. The van der Waals surface area contributed by atoms with Crippen LogP contribution < -0.4 is 56.3 Å². The molecule has 0 aliphatic heterocycles. The van der Waals surface area contributed by atoms with Gasteiger partial charge in [-0.2, -0.15) is 0 Å². The molecule has 8 heavy (non-hydrogen) atoms. The van der Waals surface area contributed by atoms with Gasteiger partial charge in [0.15, 0.2) is 0 Å². The number of phosphoric acid groups is 1. The van der Waals surface area contributed by atoms with E-state index in [0.717, 1.165) is 14.2 Å². The van der Waals surface area contributed by atoms with Gasteiger partial charge >= 0.3 is 51.4 Å². The molecule has 44 valence electrons. The van der Waals surface area contributed by atoms with Gasteiger partial charge in [-0.05, 0) is 0 Å². The minimum atomic E-state index is -3.90. The minimum Gasteiger partial charge on any atom is -0.756 e. The standard InChI is InChI=1S/C2H7O4P.K/c1-5-7(3,4)6-2;/h1-2H3,(H,3,4);/q;+1/p-1. The average Bonchev–Trinajstić information content (AvgIpc) is 1.68. The number of rotatable bonds is 2. The third-order valence-corrected chi connectivity index (χ3v) is 1.34. The molecular weight excluding hydrogens is 158 g/mol. The molecule has 0 radical (unpaired) electrons. The first kappa shape index (κ1) is 12.4. The van der Waals surface area contributed by atoms with Crippen LogP contribution in [0.1, 0.15) is 0 Å². The SMILES string of the molecule is COP(=O)([O-])OC.[K+]. The summed E-state index contributed by atoms with van der Waals surface area (Å²) in [7, 11) is -1.83. The topological polar surface area (TPSA) is 58.6 Å². The Balaban J connectivity index is 0. The van der Waals surface area contributed by atoms with Crippen molar-refractivity contribution in [1.82, 2.24) is 0 Å². The van der Waals surface area contributed by atoms with Gasteiger partial charge < -0.3 is 13.9 Å². The molecule has 0 saturated heterocycles. The molecule has 0 atom stereocenters. The van der Waals surface area contributed by atoms with Crippen molar-refractivity contribution < 1.29 is 69.9 Å². The maximum absolute atomic E-state index is 9.95. The zero-order valence-electron chi connectivity index (χ0n) is 5.08. The summed E-state index contributed by atoms with van der Waals surface area (Å²) in [6, 6.07) is 0. The molecule has 0 heterocycles. The fraction of sp³-hybridized carbons (Fsp3) is 1.00. The Morgan fingerprint density at radius 1 is 1.38 bits per heavy atom. The Morgan fingerprint density at radius 2 is 1.62 bits per heavy atom. The van der Waals surface area contributed by atoms with E-state index in [-0.39, 0.29) is 51.4 Å². The van der Waals surface area contributed by atoms with Crippen LogP contribution in [-0.2, 0) is 13.6 Å². The third kappa shape index (κ3) is 5.88. The molecule has 0 rings (SSSR count). The summed E-state index contributed by atoms with van der Waals surface area (Å²) in [6.45, 7) is 0. The predicted molar refractivity (Wildman–Crippen MR) is 21.6 cm³/mol. The molecule has 0 aliphatic carbocycles. The molecule has 0 aromatic heterocycles. The minimum absolute atomic E-state index is 0. The van der Waals surface area contributed by atoms with Gasteiger partial charge in [0.1, 0.15) is 0 Å². The average molecular weight is 164 g/mol. The first-order valence-electron chi connectivity index (χ1n) is 1.55. The molecule has 0 aliphatic rings. The number of hydrogen-bond donors (Lipinski definition) is 0. The van der Waals surface area contributed by atoms with E-state index in [1.54, 1.807) is 0 Å². The van der Waals surface area contributed by atoms with Gasteiger partial charge in [0.05, 0.1) is 0 Å². The fourth-order valence-corrected chi connectivity index (χ4v) is 0.224. The van der Waals surface area contributed by atoms with Gasteiger partial charge in [0, 0.05) is 14.2 Å². The Labute approximate surface area is 90.6 Å². The van der Waals surface area contributed by atoms with E-state index in [4.69, 9.17) is 0 Å². The quantitative estimate of drug-likeness (QED) is 0.318. The van der Waals surface area contributed by atoms with Crippen molar-refractivity contribution in [2.75, 3.05) is 14.2 Å². The molecule has 0 unspecified atom stereocenters. The zero-order valence-corrected chi connectivity index (χ0v) is 9.10. The van der Waals surface area contributed by atoms with Crippen molar-refractivity contribution in [2.45, 2.75) is 0 Å². The molecule has 0 fully saturated rings. The van der Waals surface area contributed by atoms with Crippen molar-refractivity contribution >= 4 is 7.82 Å². The van der Waals surface area contributed by atoms with Crippen LogP contribution in [0.2, 0.25) is 0 Å². The molecule has 6 heteroatoms. The predicted octanol–water partition coefficient (Wildman–Crippen LogP) is -3.25. The van der Waals surface area contributed by atoms with E-state index in [9.17, 15) is 9.46 Å². The van der Waals surface area contributed by atoms with E-state index in [1.807, 2.05) is 0 Å². The van der Waals surface area contributed by atoms with Gasteiger partial charge in [-0.1, -0.05) is 0 Å². The molecule has 0 aromatic rings. The molecule has 0 bridgehead atoms. The normalized spacial score (nSPS) is 10.4. The second-order valence-electron chi connectivity index (χ2n) is 0.812. The Morgan fingerprint density at radius 3 is 1.62 bits per heavy atom. The summed E-state index contributed by atoms with van der Waals surface area (Å²) < 4.78 is 17.7. The summed E-state index contributed by atoms with van der Waals surface area (Å²) in [4.78, 5) is 9.95. The third-order valence-electron chi connectivity index (χ3n) is 0.447. The van der Waals surface area contributed by atoms with Crippen molar-refractivity contribution in [3.63, 3.8) is 0 Å². The smallest absolute Gasteiger partial charge is 0.756 e. The molecule has 0 spiro atoms. The van der Waals surface area contributed by atoms with Crippen molar-refractivity contribution in [3.8, 4) is 0 Å². The van der Waals surface area contributed by atoms with Gasteiger partial charge in [-0.3, -0.25) is 4.57 Å². The van der Waals surface area contributed by atoms with E-state index >= 15 is 0 Å². The van der Waals surface area contributed by atoms with Crippen LogP contribution in [-0.4, -0.2) is 14.2 Å². The van der Waals surface area contributed by atoms with Gasteiger partial charge in [-0.25, -0.2) is 0 Å². The van der Waals surface area contributed by atoms with Crippen LogP contribution in [0, 0.1) is 0 Å². The van der Waals surface area contributed by atoms with Crippen molar-refractivity contribution in [3.05, 3.63) is 0 Å². The van der Waals surface area contributed by atoms with E-state index in [0.29, 0.717) is 0 Å². The number of phosphoric ester groups is 1. The molecule has 0 aromatic carbocycles. The van der Waals surface area contributed by atoms with Gasteiger partial charge in [-0.15, -0.1) is 0 Å². The number of hydrogen-bond acceptors (Lipinski definition) is 4. The van der Waals surface area contributed by atoms with Crippen LogP contribution >= 0.6 is 7.82 Å². The molecular formula is C2H6KO4P. The van der Waals surface area contributed by atoms with Crippen LogP contribution in [0.25, 0.3) is 0 Å². The summed E-state index contributed by atoms with van der Waals surface area (Å²) in [6.07, 6.45) is 0. The van der Waals surface area contributed by atoms with Crippen LogP contribution in [0.5, 0.6) is 0 Å². The maximum atomic E-state index is 9.95. The van der Waals surface area contributed by atoms with Crippen molar-refractivity contribution in [1.29, 1.82) is 0 Å². The molecule has 4 nitrogen and oxygen atoms in total. The first-order chi connectivity index (χ1) is 3.12. The first-order valence-corrected chi connectivity index (χ1v) is 3.01. The van der Waals surface area contributed by atoms with Crippen molar-refractivity contribution in [2.24, 2.45) is 0 Å². The maximum Gasteiger partial charge on any atom is 1.00 e. The van der Waals surface area contributed by atoms with Gasteiger partial charge in [0.25, 0.3) is 7.82 Å². The van der Waals surface area contributed by atoms with E-state index in [2.05, 4.69) is 9.05 Å². The summed E-state index contributed by atoms with van der Waals surface area (Å²) in [5.41, 5.74) is 0. The zero-order chi connectivity index (χ0) is 5.91. The Hall–Kier alpha value is 1.75. The molecule has 0 saturated carbocycles. The summed E-state index contributed by atoms with van der Waals surface area (Å²) >= 11 is 0. The monoisotopic (exact) mass is 164 g/mol. The Kier molecular flexibility index (Phi) is 8.58. The fourth-order valence-electron chi connectivity index (χ4n) is 0.0745. The molecule has 0 N–H and O–H groups in total. The van der Waals surface area contributed by atoms with Crippen LogP contribution in [0.4, 0.5) is 0 Å². The van der Waals surface area contributed by atoms with E-state index in [1.165, 1.54) is 0 Å². The van der Waals surface area contributed by atoms with Gasteiger partial charge in [0.2, 0.25) is 0 Å². The second kappa shape index (κ2) is 5.53. The summed E-state index contributed by atoms with van der Waals surface area (Å²) in [5.74, 6) is 0. The van der Waals surface area contributed by atoms with Crippen LogP contribution in [0.15, 0.2) is 0 Å². The molecule has 0 amide bonds.